The lowest BCUT2D eigenvalue weighted by atomic mass is 10.0. The molecule has 31 heavy (non-hydrogen) atoms. The number of nitrogens with one attached hydrogen (secondary N) is 3. The van der Waals surface area contributed by atoms with E-state index in [1.807, 2.05) is 36.9 Å². The summed E-state index contributed by atoms with van der Waals surface area (Å²) in [5.74, 6) is 1.54. The molecule has 1 aliphatic carbocycles. The van der Waals surface area contributed by atoms with Gasteiger partial charge in [0.1, 0.15) is 5.82 Å². The molecule has 3 heterocycles. The van der Waals surface area contributed by atoms with Crippen molar-refractivity contribution in [3.8, 4) is 6.07 Å². The van der Waals surface area contributed by atoms with Gasteiger partial charge in [0.15, 0.2) is 5.82 Å². The minimum absolute atomic E-state index is 0.0754. The maximum atomic E-state index is 13.1. The van der Waals surface area contributed by atoms with Crippen molar-refractivity contribution in [3.05, 3.63) is 71.0 Å². The Kier molecular flexibility index (Phi) is 4.40. The van der Waals surface area contributed by atoms with E-state index in [1.165, 1.54) is 5.56 Å². The lowest BCUT2D eigenvalue weighted by Crippen LogP contribution is -2.47. The zero-order chi connectivity index (χ0) is 21.6. The van der Waals surface area contributed by atoms with Gasteiger partial charge in [0, 0.05) is 23.7 Å². The second kappa shape index (κ2) is 7.13. The first kappa shape index (κ1) is 19.1. The number of carbonyl (C=O) groups is 1. The largest absolute Gasteiger partial charge is 0.335 e. The first-order valence-corrected chi connectivity index (χ1v) is 10.3. The van der Waals surface area contributed by atoms with Crippen LogP contribution in [0.3, 0.4) is 0 Å². The number of hydrogen-bond donors (Lipinski definition) is 3. The number of fused-ring (bicyclic) bond motifs is 1. The molecular weight excluding hydrogens is 390 g/mol. The summed E-state index contributed by atoms with van der Waals surface area (Å²) in [4.78, 5) is 19.2. The third-order valence-corrected chi connectivity index (χ3v) is 6.18. The molecule has 156 valence electrons. The van der Waals surface area contributed by atoms with Gasteiger partial charge in [0.2, 0.25) is 0 Å². The molecule has 2 aliphatic rings. The predicted octanol–water partition coefficient (Wildman–Crippen LogP) is 3.74. The molecule has 3 aromatic rings. The lowest BCUT2D eigenvalue weighted by Gasteiger charge is -2.32. The van der Waals surface area contributed by atoms with Gasteiger partial charge in [-0.2, -0.15) is 10.4 Å². The number of pyridine rings is 1. The first-order chi connectivity index (χ1) is 15.0. The number of H-pyrrole nitrogens is 1. The van der Waals surface area contributed by atoms with Crippen LogP contribution in [-0.4, -0.2) is 32.2 Å². The summed E-state index contributed by atoms with van der Waals surface area (Å²) in [5.41, 5.74) is 3.09. The Hall–Kier alpha value is -3.86. The summed E-state index contributed by atoms with van der Waals surface area (Å²) in [7, 11) is 0. The number of amides is 2. The Bertz CT molecular complexity index is 1180. The number of hydrogen-bond acceptors (Lipinski definition) is 5. The van der Waals surface area contributed by atoms with Gasteiger partial charge >= 0.3 is 6.03 Å². The van der Waals surface area contributed by atoms with Crippen LogP contribution in [0.4, 0.5) is 16.4 Å². The summed E-state index contributed by atoms with van der Waals surface area (Å²) in [6, 6.07) is 15.8. The fourth-order valence-corrected chi connectivity index (χ4v) is 4.29. The van der Waals surface area contributed by atoms with Crippen molar-refractivity contribution in [2.24, 2.45) is 0 Å². The van der Waals surface area contributed by atoms with Crippen molar-refractivity contribution in [3.63, 3.8) is 0 Å². The summed E-state index contributed by atoms with van der Waals surface area (Å²) in [6.45, 7) is 4.46. The van der Waals surface area contributed by atoms with E-state index in [9.17, 15) is 4.79 Å². The fourth-order valence-electron chi connectivity index (χ4n) is 4.29. The van der Waals surface area contributed by atoms with Gasteiger partial charge in [-0.3, -0.25) is 5.10 Å². The molecule has 0 radical (unpaired) electrons. The SMILES string of the molecule is CC1(C)c2[nH]nc(Nc3cc(C#N)ccn3)c2CN1C(=O)N[C@@H]1C[C@H]1c1ccccc1. The molecule has 8 heteroatoms. The van der Waals surface area contributed by atoms with E-state index < -0.39 is 5.54 Å². The third kappa shape index (κ3) is 3.38. The van der Waals surface area contributed by atoms with E-state index in [1.54, 1.807) is 18.3 Å². The molecule has 0 unspecified atom stereocenters. The van der Waals surface area contributed by atoms with E-state index in [0.29, 0.717) is 29.7 Å². The number of benzene rings is 1. The minimum Gasteiger partial charge on any atom is -0.335 e. The Balaban J connectivity index is 1.30. The molecule has 3 N–H and O–H groups in total. The fraction of sp³-hybridized carbons (Fsp3) is 0.304. The van der Waals surface area contributed by atoms with Crippen molar-refractivity contribution in [2.75, 3.05) is 5.32 Å². The minimum atomic E-state index is -0.522. The Labute approximate surface area is 180 Å². The molecular formula is C23H23N7O. The standard InChI is InChI=1S/C23H23N7O/c1-23(2)20-17(21(29-28-20)27-19-10-14(12-24)8-9-25-19)13-30(23)22(31)26-18-11-16(18)15-6-4-3-5-7-15/h3-10,16,18H,11,13H2,1-2H3,(H,26,31)(H2,25,27,28,29)/t16-,18+/m0/s1. The van der Waals surface area contributed by atoms with Crippen LogP contribution in [0.1, 0.15) is 48.6 Å². The molecule has 1 aromatic carbocycles. The highest BCUT2D eigenvalue weighted by Gasteiger charge is 2.46. The van der Waals surface area contributed by atoms with Crippen LogP contribution in [0, 0.1) is 11.3 Å². The van der Waals surface area contributed by atoms with Gasteiger partial charge in [-0.1, -0.05) is 30.3 Å². The number of aromatic nitrogens is 3. The van der Waals surface area contributed by atoms with Crippen molar-refractivity contribution >= 4 is 17.7 Å². The van der Waals surface area contributed by atoms with Crippen LogP contribution >= 0.6 is 0 Å². The molecule has 0 saturated heterocycles. The topological polar surface area (TPSA) is 110 Å². The molecule has 5 rings (SSSR count). The number of nitriles is 1. The van der Waals surface area contributed by atoms with E-state index >= 15 is 0 Å². The maximum absolute atomic E-state index is 13.1. The maximum Gasteiger partial charge on any atom is 0.318 e. The van der Waals surface area contributed by atoms with Crippen LogP contribution in [0.15, 0.2) is 48.7 Å². The van der Waals surface area contributed by atoms with Crippen molar-refractivity contribution in [1.29, 1.82) is 5.26 Å². The van der Waals surface area contributed by atoms with Crippen LogP contribution in [0.5, 0.6) is 0 Å². The molecule has 0 spiro atoms. The molecule has 1 aliphatic heterocycles. The van der Waals surface area contributed by atoms with E-state index in [2.05, 4.69) is 44.0 Å². The Morgan fingerprint density at radius 2 is 2.10 bits per heavy atom. The molecule has 2 aromatic heterocycles. The highest BCUT2D eigenvalue weighted by Crippen LogP contribution is 2.43. The van der Waals surface area contributed by atoms with Crippen molar-refractivity contribution in [1.82, 2.24) is 25.4 Å². The quantitative estimate of drug-likeness (QED) is 0.604. The number of nitrogens with zero attached hydrogens (tertiary/aromatic N) is 4. The lowest BCUT2D eigenvalue weighted by molar-refractivity contribution is 0.142. The van der Waals surface area contributed by atoms with E-state index in [-0.39, 0.29) is 12.1 Å². The number of aromatic amines is 1. The molecule has 0 bridgehead atoms. The van der Waals surface area contributed by atoms with Gasteiger partial charge in [-0.05, 0) is 38.0 Å². The number of rotatable bonds is 4. The smallest absolute Gasteiger partial charge is 0.318 e. The monoisotopic (exact) mass is 413 g/mol. The summed E-state index contributed by atoms with van der Waals surface area (Å²) in [6.07, 6.45) is 2.54. The third-order valence-electron chi connectivity index (χ3n) is 6.18. The van der Waals surface area contributed by atoms with Gasteiger partial charge in [-0.25, -0.2) is 9.78 Å². The van der Waals surface area contributed by atoms with E-state index in [0.717, 1.165) is 17.7 Å². The number of urea groups is 1. The van der Waals surface area contributed by atoms with E-state index in [4.69, 9.17) is 5.26 Å². The average molecular weight is 413 g/mol. The Morgan fingerprint density at radius 3 is 2.87 bits per heavy atom. The summed E-state index contributed by atoms with van der Waals surface area (Å²) >= 11 is 0. The highest BCUT2D eigenvalue weighted by molar-refractivity contribution is 5.78. The second-order valence-electron chi connectivity index (χ2n) is 8.55. The normalized spacial score (nSPS) is 20.6. The van der Waals surface area contributed by atoms with Crippen molar-refractivity contribution in [2.45, 2.75) is 44.3 Å². The van der Waals surface area contributed by atoms with Crippen molar-refractivity contribution < 1.29 is 4.79 Å². The molecule has 8 nitrogen and oxygen atoms in total. The zero-order valence-electron chi connectivity index (χ0n) is 17.4. The second-order valence-corrected chi connectivity index (χ2v) is 8.55. The summed E-state index contributed by atoms with van der Waals surface area (Å²) in [5, 5.41) is 22.9. The predicted molar refractivity (Wildman–Crippen MR) is 116 cm³/mol. The molecule has 1 saturated carbocycles. The zero-order valence-corrected chi connectivity index (χ0v) is 17.4. The molecule has 1 fully saturated rings. The van der Waals surface area contributed by atoms with Gasteiger partial charge < -0.3 is 15.5 Å². The average Bonchev–Trinajstić information content (AvgIpc) is 3.33. The number of anilines is 2. The van der Waals surface area contributed by atoms with Gasteiger partial charge in [-0.15, -0.1) is 0 Å². The van der Waals surface area contributed by atoms with Crippen LogP contribution in [0.25, 0.3) is 0 Å². The van der Waals surface area contributed by atoms with Crippen LogP contribution < -0.4 is 10.6 Å². The summed E-state index contributed by atoms with van der Waals surface area (Å²) < 4.78 is 0. The number of carbonyl (C=O) groups excluding carboxylic acids is 1. The van der Waals surface area contributed by atoms with Gasteiger partial charge in [0.05, 0.1) is 29.4 Å². The van der Waals surface area contributed by atoms with Crippen LogP contribution in [-0.2, 0) is 12.1 Å². The first-order valence-electron chi connectivity index (χ1n) is 10.3. The van der Waals surface area contributed by atoms with Gasteiger partial charge in [0.25, 0.3) is 0 Å². The molecule has 2 atom stereocenters. The molecule has 2 amide bonds. The Morgan fingerprint density at radius 1 is 1.29 bits per heavy atom. The highest BCUT2D eigenvalue weighted by atomic mass is 16.2. The van der Waals surface area contributed by atoms with Crippen LogP contribution in [0.2, 0.25) is 0 Å².